The molecule has 6 heteroatoms. The molecule has 1 aliphatic rings. The molecular weight excluding hydrogens is 352 g/mol. The van der Waals surface area contributed by atoms with E-state index in [0.717, 1.165) is 42.0 Å². The maximum Gasteiger partial charge on any atom is 0.350 e. The SMILES string of the molecule is Cc1ccccc1C(=O)N1CCCC(c2nn(C)c(=O)n2-c2ccccc2)C1. The molecule has 2 aromatic carbocycles. The van der Waals surface area contributed by atoms with Crippen LogP contribution in [0.2, 0.25) is 0 Å². The van der Waals surface area contributed by atoms with Gasteiger partial charge in [-0.15, -0.1) is 0 Å². The molecule has 1 atom stereocenters. The molecule has 4 rings (SSSR count). The number of hydrogen-bond donors (Lipinski definition) is 0. The molecule has 1 aliphatic heterocycles. The summed E-state index contributed by atoms with van der Waals surface area (Å²) in [6, 6.07) is 17.2. The number of likely N-dealkylation sites (tertiary alicyclic amines) is 1. The highest BCUT2D eigenvalue weighted by Crippen LogP contribution is 2.27. The van der Waals surface area contributed by atoms with Crippen LogP contribution in [0.1, 0.15) is 40.5 Å². The second kappa shape index (κ2) is 7.46. The molecule has 0 radical (unpaired) electrons. The van der Waals surface area contributed by atoms with Gasteiger partial charge in [-0.1, -0.05) is 36.4 Å². The van der Waals surface area contributed by atoms with Crippen molar-refractivity contribution in [3.8, 4) is 5.69 Å². The second-order valence-electron chi connectivity index (χ2n) is 7.34. The Morgan fingerprint density at radius 2 is 1.79 bits per heavy atom. The van der Waals surface area contributed by atoms with Crippen molar-refractivity contribution in [1.29, 1.82) is 0 Å². The third-order valence-corrected chi connectivity index (χ3v) is 5.41. The Bertz CT molecular complexity index is 1050. The lowest BCUT2D eigenvalue weighted by atomic mass is 9.96. The van der Waals surface area contributed by atoms with Gasteiger partial charge in [-0.3, -0.25) is 4.79 Å². The van der Waals surface area contributed by atoms with E-state index in [-0.39, 0.29) is 17.5 Å². The van der Waals surface area contributed by atoms with Crippen LogP contribution in [-0.2, 0) is 7.05 Å². The monoisotopic (exact) mass is 376 g/mol. The fourth-order valence-electron chi connectivity index (χ4n) is 3.92. The minimum atomic E-state index is -0.163. The summed E-state index contributed by atoms with van der Waals surface area (Å²) >= 11 is 0. The van der Waals surface area contributed by atoms with E-state index in [1.54, 1.807) is 11.6 Å². The molecule has 0 aliphatic carbocycles. The quantitative estimate of drug-likeness (QED) is 0.706. The average Bonchev–Trinajstić information content (AvgIpc) is 3.03. The highest BCUT2D eigenvalue weighted by molar-refractivity contribution is 5.95. The topological polar surface area (TPSA) is 60.1 Å². The molecule has 1 amide bonds. The number of nitrogens with zero attached hydrogens (tertiary/aromatic N) is 4. The van der Waals surface area contributed by atoms with Crippen molar-refractivity contribution in [1.82, 2.24) is 19.2 Å². The minimum absolute atomic E-state index is 0.0239. The zero-order chi connectivity index (χ0) is 19.7. The van der Waals surface area contributed by atoms with E-state index in [1.165, 1.54) is 4.68 Å². The lowest BCUT2D eigenvalue weighted by molar-refractivity contribution is 0.0703. The minimum Gasteiger partial charge on any atom is -0.338 e. The summed E-state index contributed by atoms with van der Waals surface area (Å²) in [5.41, 5.74) is 2.36. The molecule has 3 aromatic rings. The summed E-state index contributed by atoms with van der Waals surface area (Å²) in [5.74, 6) is 0.796. The van der Waals surface area contributed by atoms with Crippen LogP contribution in [0.15, 0.2) is 59.4 Å². The molecule has 1 unspecified atom stereocenters. The van der Waals surface area contributed by atoms with Gasteiger partial charge < -0.3 is 4.90 Å². The number of aromatic nitrogens is 3. The van der Waals surface area contributed by atoms with Gasteiger partial charge in [0.25, 0.3) is 5.91 Å². The van der Waals surface area contributed by atoms with Crippen molar-refractivity contribution in [2.24, 2.45) is 7.05 Å². The first-order valence-corrected chi connectivity index (χ1v) is 9.62. The normalized spacial score (nSPS) is 16.9. The Balaban J connectivity index is 1.66. The summed E-state index contributed by atoms with van der Waals surface area (Å²) in [7, 11) is 1.67. The molecule has 6 nitrogen and oxygen atoms in total. The van der Waals surface area contributed by atoms with Crippen molar-refractivity contribution in [3.05, 3.63) is 82.0 Å². The van der Waals surface area contributed by atoms with Crippen molar-refractivity contribution in [2.45, 2.75) is 25.7 Å². The Morgan fingerprint density at radius 1 is 1.07 bits per heavy atom. The maximum absolute atomic E-state index is 13.1. The van der Waals surface area contributed by atoms with E-state index >= 15 is 0 Å². The van der Waals surface area contributed by atoms with Gasteiger partial charge in [0.05, 0.1) is 5.69 Å². The van der Waals surface area contributed by atoms with Gasteiger partial charge in [0, 0.05) is 31.6 Å². The van der Waals surface area contributed by atoms with Crippen LogP contribution in [-0.4, -0.2) is 38.2 Å². The van der Waals surface area contributed by atoms with Gasteiger partial charge in [0.15, 0.2) is 0 Å². The zero-order valence-electron chi connectivity index (χ0n) is 16.2. The number of benzene rings is 2. The fourth-order valence-corrected chi connectivity index (χ4v) is 3.92. The average molecular weight is 376 g/mol. The predicted molar refractivity (Wildman–Crippen MR) is 108 cm³/mol. The molecule has 28 heavy (non-hydrogen) atoms. The Labute approximate surface area is 164 Å². The molecule has 0 saturated carbocycles. The van der Waals surface area contributed by atoms with E-state index in [2.05, 4.69) is 5.10 Å². The van der Waals surface area contributed by atoms with Crippen LogP contribution in [0.3, 0.4) is 0 Å². The number of hydrogen-bond acceptors (Lipinski definition) is 3. The Morgan fingerprint density at radius 3 is 2.54 bits per heavy atom. The molecule has 1 fully saturated rings. The number of carbonyl (C=O) groups excluding carboxylic acids is 1. The van der Waals surface area contributed by atoms with Crippen molar-refractivity contribution in [3.63, 3.8) is 0 Å². The number of aryl methyl sites for hydroxylation is 2. The van der Waals surface area contributed by atoms with Crippen LogP contribution in [0, 0.1) is 6.92 Å². The molecular formula is C22H24N4O2. The third-order valence-electron chi connectivity index (χ3n) is 5.41. The number of rotatable bonds is 3. The van der Waals surface area contributed by atoms with Crippen molar-refractivity contribution >= 4 is 5.91 Å². The maximum atomic E-state index is 13.1. The van der Waals surface area contributed by atoms with Crippen LogP contribution in [0.4, 0.5) is 0 Å². The smallest absolute Gasteiger partial charge is 0.338 e. The van der Waals surface area contributed by atoms with E-state index in [4.69, 9.17) is 0 Å². The molecule has 0 N–H and O–H groups in total. The standard InChI is InChI=1S/C22H24N4O2/c1-16-9-6-7-13-19(16)21(27)25-14-8-10-17(15-25)20-23-24(2)22(28)26(20)18-11-4-3-5-12-18/h3-7,9,11-13,17H,8,10,14-15H2,1-2H3. The Hall–Kier alpha value is -3.15. The van der Waals surface area contributed by atoms with Gasteiger partial charge in [0.1, 0.15) is 5.82 Å². The first kappa shape index (κ1) is 18.2. The first-order chi connectivity index (χ1) is 13.6. The molecule has 1 saturated heterocycles. The zero-order valence-corrected chi connectivity index (χ0v) is 16.2. The largest absolute Gasteiger partial charge is 0.350 e. The van der Waals surface area contributed by atoms with Crippen LogP contribution >= 0.6 is 0 Å². The summed E-state index contributed by atoms with van der Waals surface area (Å²) in [6.07, 6.45) is 1.79. The van der Waals surface area contributed by atoms with Crippen LogP contribution < -0.4 is 5.69 Å². The van der Waals surface area contributed by atoms with Gasteiger partial charge in [-0.05, 0) is 43.5 Å². The molecule has 1 aromatic heterocycles. The second-order valence-corrected chi connectivity index (χ2v) is 7.34. The molecule has 2 heterocycles. The number of piperidine rings is 1. The van der Waals surface area contributed by atoms with Crippen molar-refractivity contribution in [2.75, 3.05) is 13.1 Å². The fraction of sp³-hybridized carbons (Fsp3) is 0.318. The van der Waals surface area contributed by atoms with E-state index in [0.29, 0.717) is 6.54 Å². The predicted octanol–water partition coefficient (Wildman–Crippen LogP) is 2.90. The van der Waals surface area contributed by atoms with E-state index < -0.39 is 0 Å². The van der Waals surface area contributed by atoms with Crippen molar-refractivity contribution < 1.29 is 4.79 Å². The summed E-state index contributed by atoms with van der Waals surface area (Å²) in [4.78, 5) is 27.6. The highest BCUT2D eigenvalue weighted by atomic mass is 16.2. The van der Waals surface area contributed by atoms with E-state index in [1.807, 2.05) is 66.4 Å². The molecule has 0 spiro atoms. The molecule has 0 bridgehead atoms. The third kappa shape index (κ3) is 3.26. The summed E-state index contributed by atoms with van der Waals surface area (Å²) < 4.78 is 3.05. The van der Waals surface area contributed by atoms with Crippen LogP contribution in [0.5, 0.6) is 0 Å². The van der Waals surface area contributed by atoms with E-state index in [9.17, 15) is 9.59 Å². The number of carbonyl (C=O) groups is 1. The number of para-hydroxylation sites is 1. The van der Waals surface area contributed by atoms with Gasteiger partial charge in [-0.2, -0.15) is 5.10 Å². The van der Waals surface area contributed by atoms with Gasteiger partial charge in [0.2, 0.25) is 0 Å². The molecule has 144 valence electrons. The van der Waals surface area contributed by atoms with Gasteiger partial charge in [-0.25, -0.2) is 14.0 Å². The lowest BCUT2D eigenvalue weighted by Gasteiger charge is -2.32. The first-order valence-electron chi connectivity index (χ1n) is 9.62. The van der Waals surface area contributed by atoms with Crippen LogP contribution in [0.25, 0.3) is 5.69 Å². The summed E-state index contributed by atoms with van der Waals surface area (Å²) in [6.45, 7) is 3.25. The Kier molecular flexibility index (Phi) is 4.86. The lowest BCUT2D eigenvalue weighted by Crippen LogP contribution is -2.40. The van der Waals surface area contributed by atoms with Gasteiger partial charge >= 0.3 is 5.69 Å². The highest BCUT2D eigenvalue weighted by Gasteiger charge is 2.30. The summed E-state index contributed by atoms with van der Waals surface area (Å²) in [5, 5.41) is 4.52. The number of amides is 1.